The first-order valence-electron chi connectivity index (χ1n) is 9.99. The Bertz CT molecular complexity index is 1100. The summed E-state index contributed by atoms with van der Waals surface area (Å²) < 4.78 is 27.5. The highest BCUT2D eigenvalue weighted by Gasteiger charge is 2.30. The Morgan fingerprint density at radius 1 is 1.19 bits per heavy atom. The molecular formula is C22H21N3O6. The largest absolute Gasteiger partial charge is 0.484 e. The molecule has 0 saturated carbocycles. The van der Waals surface area contributed by atoms with E-state index >= 15 is 0 Å². The zero-order chi connectivity index (χ0) is 21.2. The smallest absolute Gasteiger partial charge is 0.260 e. The van der Waals surface area contributed by atoms with Crippen molar-refractivity contribution >= 4 is 5.91 Å². The van der Waals surface area contributed by atoms with Gasteiger partial charge in [-0.15, -0.1) is 0 Å². The molecule has 1 fully saturated rings. The van der Waals surface area contributed by atoms with Crippen molar-refractivity contribution < 1.29 is 28.3 Å². The Morgan fingerprint density at radius 2 is 2.06 bits per heavy atom. The molecule has 31 heavy (non-hydrogen) atoms. The Hall–Kier alpha value is -3.59. The van der Waals surface area contributed by atoms with Crippen LogP contribution in [-0.2, 0) is 9.53 Å². The van der Waals surface area contributed by atoms with Crippen LogP contribution in [0.1, 0.15) is 17.6 Å². The molecule has 3 aromatic rings. The maximum Gasteiger partial charge on any atom is 0.260 e. The number of aryl methyl sites for hydroxylation is 1. The van der Waals surface area contributed by atoms with Crippen LogP contribution in [0.5, 0.6) is 17.2 Å². The van der Waals surface area contributed by atoms with Gasteiger partial charge in [-0.25, -0.2) is 0 Å². The van der Waals surface area contributed by atoms with Crippen LogP contribution in [0, 0.1) is 6.92 Å². The number of aromatic nitrogens is 2. The first kappa shape index (κ1) is 19.4. The predicted octanol–water partition coefficient (Wildman–Crippen LogP) is 2.75. The van der Waals surface area contributed by atoms with Crippen molar-refractivity contribution in [3.05, 3.63) is 53.9 Å². The summed E-state index contributed by atoms with van der Waals surface area (Å²) in [5.74, 6) is 2.53. The quantitative estimate of drug-likeness (QED) is 0.618. The van der Waals surface area contributed by atoms with Crippen LogP contribution in [0.15, 0.2) is 47.0 Å². The summed E-state index contributed by atoms with van der Waals surface area (Å²) in [6, 6.07) is 13.0. The molecule has 2 aliphatic heterocycles. The Labute approximate surface area is 178 Å². The summed E-state index contributed by atoms with van der Waals surface area (Å²) in [7, 11) is 0. The molecule has 0 N–H and O–H groups in total. The average molecular weight is 423 g/mol. The van der Waals surface area contributed by atoms with E-state index in [1.807, 2.05) is 31.2 Å². The lowest BCUT2D eigenvalue weighted by Crippen LogP contribution is -2.44. The summed E-state index contributed by atoms with van der Waals surface area (Å²) in [6.45, 7) is 3.25. The van der Waals surface area contributed by atoms with Gasteiger partial charge in [0.15, 0.2) is 24.2 Å². The van der Waals surface area contributed by atoms with Gasteiger partial charge in [0, 0.05) is 18.2 Å². The highest BCUT2D eigenvalue weighted by molar-refractivity contribution is 5.78. The van der Waals surface area contributed by atoms with Crippen LogP contribution >= 0.6 is 0 Å². The lowest BCUT2D eigenvalue weighted by atomic mass is 10.1. The molecule has 2 aliphatic rings. The standard InChI is InChI=1S/C22H21N3O6/c1-14-4-2-3-5-16(14)21-23-22(31-24-21)19-11-25(8-9-27-19)20(26)12-28-15-6-7-17-18(10-15)30-13-29-17/h2-7,10,19H,8-9,11-13H2,1H3. The third-order valence-electron chi connectivity index (χ3n) is 5.23. The molecule has 5 rings (SSSR count). The number of fused-ring (bicyclic) bond motifs is 1. The topological polar surface area (TPSA) is 96.2 Å². The van der Waals surface area contributed by atoms with Crippen LogP contribution in [0.2, 0.25) is 0 Å². The molecule has 9 nitrogen and oxygen atoms in total. The number of benzene rings is 2. The fourth-order valence-corrected chi connectivity index (χ4v) is 3.53. The van der Waals surface area contributed by atoms with Crippen LogP contribution in [0.4, 0.5) is 0 Å². The summed E-state index contributed by atoms with van der Waals surface area (Å²) in [5.41, 5.74) is 1.95. The van der Waals surface area contributed by atoms with Crippen molar-refractivity contribution in [2.75, 3.05) is 33.1 Å². The second-order valence-electron chi connectivity index (χ2n) is 7.27. The van der Waals surface area contributed by atoms with Gasteiger partial charge in [0.25, 0.3) is 11.8 Å². The van der Waals surface area contributed by atoms with Gasteiger partial charge in [0.1, 0.15) is 5.75 Å². The van der Waals surface area contributed by atoms with Gasteiger partial charge in [0.2, 0.25) is 12.6 Å². The van der Waals surface area contributed by atoms with Gasteiger partial charge in [-0.2, -0.15) is 4.98 Å². The molecule has 1 saturated heterocycles. The highest BCUT2D eigenvalue weighted by atomic mass is 16.7. The van der Waals surface area contributed by atoms with Crippen molar-refractivity contribution in [2.24, 2.45) is 0 Å². The van der Waals surface area contributed by atoms with E-state index in [1.54, 1.807) is 23.1 Å². The third kappa shape index (κ3) is 4.04. The van der Waals surface area contributed by atoms with Gasteiger partial charge in [-0.3, -0.25) is 4.79 Å². The van der Waals surface area contributed by atoms with Crippen LogP contribution in [-0.4, -0.2) is 54.0 Å². The third-order valence-corrected chi connectivity index (χ3v) is 5.23. The lowest BCUT2D eigenvalue weighted by Gasteiger charge is -2.31. The summed E-state index contributed by atoms with van der Waals surface area (Å²) >= 11 is 0. The second kappa shape index (κ2) is 8.27. The van der Waals surface area contributed by atoms with Crippen molar-refractivity contribution in [3.8, 4) is 28.6 Å². The summed E-state index contributed by atoms with van der Waals surface area (Å²) in [4.78, 5) is 18.8. The first-order chi connectivity index (χ1) is 15.2. The molecular weight excluding hydrogens is 402 g/mol. The minimum atomic E-state index is -0.478. The molecule has 1 amide bonds. The highest BCUT2D eigenvalue weighted by Crippen LogP contribution is 2.35. The van der Waals surface area contributed by atoms with E-state index in [0.717, 1.165) is 11.1 Å². The van der Waals surface area contributed by atoms with Crippen molar-refractivity contribution in [1.29, 1.82) is 0 Å². The van der Waals surface area contributed by atoms with E-state index in [-0.39, 0.29) is 19.3 Å². The van der Waals surface area contributed by atoms with Gasteiger partial charge in [-0.05, 0) is 24.6 Å². The number of nitrogens with zero attached hydrogens (tertiary/aromatic N) is 3. The minimum absolute atomic E-state index is 0.0926. The monoisotopic (exact) mass is 423 g/mol. The summed E-state index contributed by atoms with van der Waals surface area (Å²) in [6.07, 6.45) is -0.478. The Balaban J connectivity index is 1.21. The fraction of sp³-hybridized carbons (Fsp3) is 0.318. The van der Waals surface area contributed by atoms with Crippen molar-refractivity contribution in [3.63, 3.8) is 0 Å². The zero-order valence-corrected chi connectivity index (χ0v) is 16.9. The Kier molecular flexibility index (Phi) is 5.17. The fourth-order valence-electron chi connectivity index (χ4n) is 3.53. The maximum absolute atomic E-state index is 12.7. The SMILES string of the molecule is Cc1ccccc1-c1noc(C2CN(C(=O)COc3ccc4c(c3)OCO4)CCO2)n1. The molecule has 160 valence electrons. The molecule has 3 heterocycles. The van der Waals surface area contributed by atoms with E-state index in [2.05, 4.69) is 10.1 Å². The van der Waals surface area contributed by atoms with Crippen LogP contribution < -0.4 is 14.2 Å². The number of carbonyl (C=O) groups excluding carboxylic acids is 1. The summed E-state index contributed by atoms with van der Waals surface area (Å²) in [5, 5.41) is 4.08. The number of hydrogen-bond acceptors (Lipinski definition) is 8. The number of morpholine rings is 1. The van der Waals surface area contributed by atoms with E-state index in [4.69, 9.17) is 23.5 Å². The number of rotatable bonds is 5. The average Bonchev–Trinajstić information content (AvgIpc) is 3.47. The normalized spacial score (nSPS) is 17.6. The zero-order valence-electron chi connectivity index (χ0n) is 16.9. The molecule has 0 spiro atoms. The number of ether oxygens (including phenoxy) is 4. The minimum Gasteiger partial charge on any atom is -0.484 e. The molecule has 1 unspecified atom stereocenters. The van der Waals surface area contributed by atoms with Crippen molar-refractivity contribution in [1.82, 2.24) is 15.0 Å². The molecule has 1 aromatic heterocycles. The molecule has 9 heteroatoms. The van der Waals surface area contributed by atoms with Gasteiger partial charge in [-0.1, -0.05) is 29.4 Å². The van der Waals surface area contributed by atoms with Crippen LogP contribution in [0.3, 0.4) is 0 Å². The number of amides is 1. The van der Waals surface area contributed by atoms with E-state index < -0.39 is 6.10 Å². The predicted molar refractivity (Wildman–Crippen MR) is 108 cm³/mol. The van der Waals surface area contributed by atoms with Crippen molar-refractivity contribution in [2.45, 2.75) is 13.0 Å². The molecule has 0 radical (unpaired) electrons. The van der Waals surface area contributed by atoms with E-state index in [1.165, 1.54) is 0 Å². The molecule has 1 atom stereocenters. The number of hydrogen-bond donors (Lipinski definition) is 0. The van der Waals surface area contributed by atoms with Gasteiger partial charge >= 0.3 is 0 Å². The number of carbonyl (C=O) groups is 1. The molecule has 0 bridgehead atoms. The molecule has 2 aromatic carbocycles. The molecule has 0 aliphatic carbocycles. The van der Waals surface area contributed by atoms with Crippen LogP contribution in [0.25, 0.3) is 11.4 Å². The Morgan fingerprint density at radius 3 is 2.97 bits per heavy atom. The maximum atomic E-state index is 12.7. The van der Waals surface area contributed by atoms with E-state index in [0.29, 0.717) is 48.7 Å². The lowest BCUT2D eigenvalue weighted by molar-refractivity contribution is -0.142. The first-order valence-corrected chi connectivity index (χ1v) is 9.99. The van der Waals surface area contributed by atoms with E-state index in [9.17, 15) is 4.79 Å². The van der Waals surface area contributed by atoms with Gasteiger partial charge in [0.05, 0.1) is 13.2 Å². The van der Waals surface area contributed by atoms with Gasteiger partial charge < -0.3 is 28.4 Å². The second-order valence-corrected chi connectivity index (χ2v) is 7.27.